The Bertz CT molecular complexity index is 459. The molecule has 0 bridgehead atoms. The van der Waals surface area contributed by atoms with Gasteiger partial charge >= 0.3 is 0 Å². The van der Waals surface area contributed by atoms with Crippen LogP contribution in [0.15, 0.2) is 18.2 Å². The van der Waals surface area contributed by atoms with E-state index in [2.05, 4.69) is 5.32 Å². The van der Waals surface area contributed by atoms with Crippen molar-refractivity contribution in [2.45, 2.75) is 18.9 Å². The van der Waals surface area contributed by atoms with Gasteiger partial charge in [-0.25, -0.2) is 0 Å². The number of carbonyl (C=O) groups excluding carboxylic acids is 1. The molecule has 0 spiro atoms. The standard InChI is InChI=1S/C12H14N2O3S/c15-8-9-1-2-11(12(7-9)14(16)17)13-10-3-5-18-6-4-10/h1-2,7-8,10,13H,3-6H2. The van der Waals surface area contributed by atoms with Gasteiger partial charge in [-0.3, -0.25) is 14.9 Å². The molecule has 1 saturated heterocycles. The van der Waals surface area contributed by atoms with Crippen molar-refractivity contribution in [3.05, 3.63) is 33.9 Å². The SMILES string of the molecule is O=Cc1ccc(NC2CCSCC2)c([N+](=O)[O-])c1. The van der Waals surface area contributed by atoms with Crippen molar-refractivity contribution in [3.8, 4) is 0 Å². The molecule has 18 heavy (non-hydrogen) atoms. The molecule has 1 N–H and O–H groups in total. The predicted octanol–water partition coefficient (Wildman–Crippen LogP) is 2.71. The van der Waals surface area contributed by atoms with Crippen LogP contribution in [0.3, 0.4) is 0 Å². The molecule has 0 aromatic heterocycles. The Labute approximate surface area is 109 Å². The Kier molecular flexibility index (Phi) is 4.19. The topological polar surface area (TPSA) is 72.2 Å². The minimum absolute atomic E-state index is 0.0298. The van der Waals surface area contributed by atoms with Gasteiger partial charge in [-0.1, -0.05) is 0 Å². The van der Waals surface area contributed by atoms with E-state index in [1.807, 2.05) is 11.8 Å². The number of aldehydes is 1. The van der Waals surface area contributed by atoms with Crippen molar-refractivity contribution < 1.29 is 9.72 Å². The van der Waals surface area contributed by atoms with Crippen LogP contribution in [0.4, 0.5) is 11.4 Å². The van der Waals surface area contributed by atoms with E-state index >= 15 is 0 Å². The lowest BCUT2D eigenvalue weighted by Gasteiger charge is -2.23. The van der Waals surface area contributed by atoms with E-state index in [4.69, 9.17) is 0 Å². The van der Waals surface area contributed by atoms with Crippen LogP contribution >= 0.6 is 11.8 Å². The van der Waals surface area contributed by atoms with Crippen LogP contribution in [0.2, 0.25) is 0 Å². The Hall–Kier alpha value is -1.56. The summed E-state index contributed by atoms with van der Waals surface area (Å²) in [4.78, 5) is 21.2. The van der Waals surface area contributed by atoms with Gasteiger partial charge in [-0.15, -0.1) is 0 Å². The van der Waals surface area contributed by atoms with E-state index in [9.17, 15) is 14.9 Å². The molecular weight excluding hydrogens is 252 g/mol. The number of carbonyl (C=O) groups is 1. The van der Waals surface area contributed by atoms with E-state index in [0.717, 1.165) is 24.3 Å². The van der Waals surface area contributed by atoms with Crippen LogP contribution in [0.25, 0.3) is 0 Å². The van der Waals surface area contributed by atoms with Gasteiger partial charge in [0.15, 0.2) is 0 Å². The smallest absolute Gasteiger partial charge is 0.293 e. The van der Waals surface area contributed by atoms with Crippen LogP contribution in [0.1, 0.15) is 23.2 Å². The van der Waals surface area contributed by atoms with E-state index in [-0.39, 0.29) is 11.7 Å². The monoisotopic (exact) mass is 266 g/mol. The lowest BCUT2D eigenvalue weighted by molar-refractivity contribution is -0.384. The molecule has 1 aromatic carbocycles. The number of hydrogen-bond donors (Lipinski definition) is 1. The largest absolute Gasteiger partial charge is 0.377 e. The molecule has 1 fully saturated rings. The molecule has 0 unspecified atom stereocenters. The third-order valence-corrected chi connectivity index (χ3v) is 3.98. The molecule has 0 radical (unpaired) electrons. The van der Waals surface area contributed by atoms with Crippen LogP contribution in [0.5, 0.6) is 0 Å². The molecule has 0 saturated carbocycles. The quantitative estimate of drug-likeness (QED) is 0.515. The number of nitrogens with zero attached hydrogens (tertiary/aromatic N) is 1. The van der Waals surface area contributed by atoms with Crippen molar-refractivity contribution in [1.29, 1.82) is 0 Å². The first-order valence-electron chi connectivity index (χ1n) is 5.78. The van der Waals surface area contributed by atoms with Gasteiger partial charge in [0.2, 0.25) is 0 Å². The molecular formula is C12H14N2O3S. The van der Waals surface area contributed by atoms with Gasteiger partial charge in [0, 0.05) is 17.7 Å². The molecule has 96 valence electrons. The second kappa shape index (κ2) is 5.86. The Morgan fingerprint density at radius 3 is 2.72 bits per heavy atom. The molecule has 0 amide bonds. The highest BCUT2D eigenvalue weighted by molar-refractivity contribution is 7.99. The molecule has 0 atom stereocenters. The highest BCUT2D eigenvalue weighted by Crippen LogP contribution is 2.28. The number of anilines is 1. The van der Waals surface area contributed by atoms with Crippen molar-refractivity contribution in [1.82, 2.24) is 0 Å². The Balaban J connectivity index is 2.20. The van der Waals surface area contributed by atoms with E-state index < -0.39 is 4.92 Å². The molecule has 2 rings (SSSR count). The zero-order valence-corrected chi connectivity index (χ0v) is 10.6. The third kappa shape index (κ3) is 3.01. The van der Waals surface area contributed by atoms with Crippen LogP contribution < -0.4 is 5.32 Å². The minimum Gasteiger partial charge on any atom is -0.377 e. The van der Waals surface area contributed by atoms with Crippen LogP contribution in [-0.2, 0) is 0 Å². The number of rotatable bonds is 4. The highest BCUT2D eigenvalue weighted by Gasteiger charge is 2.19. The maximum absolute atomic E-state index is 11.0. The van der Waals surface area contributed by atoms with E-state index in [0.29, 0.717) is 17.5 Å². The minimum atomic E-state index is -0.451. The average molecular weight is 266 g/mol. The number of benzene rings is 1. The van der Waals surface area contributed by atoms with Crippen LogP contribution in [-0.4, -0.2) is 28.8 Å². The number of nitrogens with one attached hydrogen (secondary N) is 1. The van der Waals surface area contributed by atoms with Crippen molar-refractivity contribution in [2.75, 3.05) is 16.8 Å². The number of hydrogen-bond acceptors (Lipinski definition) is 5. The van der Waals surface area contributed by atoms with Crippen molar-refractivity contribution in [3.63, 3.8) is 0 Å². The maximum atomic E-state index is 11.0. The molecule has 1 heterocycles. The summed E-state index contributed by atoms with van der Waals surface area (Å²) >= 11 is 1.91. The fourth-order valence-electron chi connectivity index (χ4n) is 1.96. The van der Waals surface area contributed by atoms with Gasteiger partial charge in [0.25, 0.3) is 5.69 Å². The first-order valence-corrected chi connectivity index (χ1v) is 6.94. The summed E-state index contributed by atoms with van der Waals surface area (Å²) in [6, 6.07) is 4.81. The second-order valence-electron chi connectivity index (χ2n) is 4.18. The van der Waals surface area contributed by atoms with Crippen molar-refractivity contribution in [2.24, 2.45) is 0 Å². The fourth-order valence-corrected chi connectivity index (χ4v) is 3.06. The van der Waals surface area contributed by atoms with Gasteiger partial charge in [0.05, 0.1) is 4.92 Å². The van der Waals surface area contributed by atoms with E-state index in [1.54, 1.807) is 12.1 Å². The first kappa shape index (κ1) is 12.9. The normalized spacial score (nSPS) is 16.2. The zero-order chi connectivity index (χ0) is 13.0. The molecule has 6 heteroatoms. The average Bonchev–Trinajstić information content (AvgIpc) is 2.40. The number of thioether (sulfide) groups is 1. The molecule has 1 aliphatic rings. The highest BCUT2D eigenvalue weighted by atomic mass is 32.2. The summed E-state index contributed by atoms with van der Waals surface area (Å²) < 4.78 is 0. The molecule has 1 aromatic rings. The lowest BCUT2D eigenvalue weighted by atomic mass is 10.1. The summed E-state index contributed by atoms with van der Waals surface area (Å²) in [5.41, 5.74) is 0.798. The van der Waals surface area contributed by atoms with Gasteiger partial charge in [-0.05, 0) is 36.5 Å². The van der Waals surface area contributed by atoms with Crippen LogP contribution in [0, 0.1) is 10.1 Å². The summed E-state index contributed by atoms with van der Waals surface area (Å²) in [5.74, 6) is 2.16. The number of nitro benzene ring substituents is 1. The lowest BCUT2D eigenvalue weighted by Crippen LogP contribution is -2.24. The maximum Gasteiger partial charge on any atom is 0.293 e. The molecule has 1 aliphatic heterocycles. The third-order valence-electron chi connectivity index (χ3n) is 2.94. The summed E-state index contributed by atoms with van der Waals surface area (Å²) in [7, 11) is 0. The van der Waals surface area contributed by atoms with Gasteiger partial charge < -0.3 is 5.32 Å². The van der Waals surface area contributed by atoms with Gasteiger partial charge in [-0.2, -0.15) is 11.8 Å². The first-order chi connectivity index (χ1) is 8.70. The fraction of sp³-hybridized carbons (Fsp3) is 0.417. The zero-order valence-electron chi connectivity index (χ0n) is 9.80. The second-order valence-corrected chi connectivity index (χ2v) is 5.41. The van der Waals surface area contributed by atoms with E-state index in [1.165, 1.54) is 6.07 Å². The molecule has 0 aliphatic carbocycles. The summed E-state index contributed by atoms with van der Waals surface area (Å²) in [5, 5.41) is 14.2. The summed E-state index contributed by atoms with van der Waals surface area (Å²) in [6.45, 7) is 0. The molecule has 5 nitrogen and oxygen atoms in total. The Morgan fingerprint density at radius 1 is 1.39 bits per heavy atom. The predicted molar refractivity (Wildman–Crippen MR) is 72.5 cm³/mol. The number of nitro groups is 1. The Morgan fingerprint density at radius 2 is 2.11 bits per heavy atom. The van der Waals surface area contributed by atoms with Gasteiger partial charge in [0.1, 0.15) is 12.0 Å². The van der Waals surface area contributed by atoms with Crippen molar-refractivity contribution >= 4 is 29.4 Å². The summed E-state index contributed by atoms with van der Waals surface area (Å²) in [6.07, 6.45) is 2.64.